The molecule has 2 heterocycles. The van der Waals surface area contributed by atoms with Crippen molar-refractivity contribution in [2.24, 2.45) is 7.05 Å². The number of hydrogen-bond donors (Lipinski definition) is 0. The summed E-state index contributed by atoms with van der Waals surface area (Å²) < 4.78 is 52.1. The third kappa shape index (κ3) is 4.07. The number of rotatable bonds is 3. The first-order chi connectivity index (χ1) is 13.8. The first-order valence-electron chi connectivity index (χ1n) is 8.35. The van der Waals surface area contributed by atoms with Gasteiger partial charge in [-0.1, -0.05) is 11.8 Å². The Labute approximate surface area is 164 Å². The molecule has 150 valence electrons. The molecule has 1 aromatic carbocycles. The molecule has 9 heteroatoms. The average molecular weight is 403 g/mol. The van der Waals surface area contributed by atoms with Crippen molar-refractivity contribution in [3.8, 4) is 23.2 Å². The number of carbonyl (C=O) groups excluding carboxylic acids is 1. The van der Waals surface area contributed by atoms with Crippen molar-refractivity contribution in [1.82, 2.24) is 14.5 Å². The SMILES string of the molecule is COCC#Cc1cc2c(C(=O)OC)cc(-c3cncn3C)nc2cc1C(F)(F)F. The number of ether oxygens (including phenoxy) is 2. The van der Waals surface area contributed by atoms with Crippen LogP contribution in [0.25, 0.3) is 22.3 Å². The number of fused-ring (bicyclic) bond motifs is 1. The fourth-order valence-corrected chi connectivity index (χ4v) is 2.83. The summed E-state index contributed by atoms with van der Waals surface area (Å²) in [5.41, 5.74) is -0.314. The zero-order valence-corrected chi connectivity index (χ0v) is 15.8. The first-order valence-corrected chi connectivity index (χ1v) is 8.35. The molecule has 0 aliphatic rings. The van der Waals surface area contributed by atoms with Crippen LogP contribution in [-0.4, -0.2) is 41.3 Å². The fraction of sp³-hybridized carbons (Fsp3) is 0.250. The molecule has 3 rings (SSSR count). The highest BCUT2D eigenvalue weighted by Crippen LogP contribution is 2.36. The molecule has 6 nitrogen and oxygen atoms in total. The number of imidazole rings is 1. The molecule has 0 aliphatic heterocycles. The minimum atomic E-state index is -4.65. The molecular weight excluding hydrogens is 387 g/mol. The van der Waals surface area contributed by atoms with Gasteiger partial charge in [-0.2, -0.15) is 13.2 Å². The quantitative estimate of drug-likeness (QED) is 0.495. The van der Waals surface area contributed by atoms with Crippen LogP contribution in [0.3, 0.4) is 0 Å². The van der Waals surface area contributed by atoms with Gasteiger partial charge in [-0.05, 0) is 18.2 Å². The van der Waals surface area contributed by atoms with E-state index in [2.05, 4.69) is 21.8 Å². The van der Waals surface area contributed by atoms with E-state index in [0.29, 0.717) is 11.4 Å². The van der Waals surface area contributed by atoms with Gasteiger partial charge in [0.1, 0.15) is 6.61 Å². The Morgan fingerprint density at radius 3 is 2.59 bits per heavy atom. The van der Waals surface area contributed by atoms with Crippen LogP contribution < -0.4 is 0 Å². The predicted molar refractivity (Wildman–Crippen MR) is 99.0 cm³/mol. The second-order valence-electron chi connectivity index (χ2n) is 6.08. The molecule has 0 N–H and O–H groups in total. The number of methoxy groups -OCH3 is 2. The second-order valence-corrected chi connectivity index (χ2v) is 6.08. The molecule has 0 bridgehead atoms. The lowest BCUT2D eigenvalue weighted by atomic mass is 9.99. The third-order valence-electron chi connectivity index (χ3n) is 4.18. The van der Waals surface area contributed by atoms with Crippen molar-refractivity contribution in [1.29, 1.82) is 0 Å². The summed E-state index contributed by atoms with van der Waals surface area (Å²) in [5, 5.41) is 0.206. The van der Waals surface area contributed by atoms with E-state index in [0.717, 1.165) is 6.07 Å². The summed E-state index contributed by atoms with van der Waals surface area (Å²) in [7, 11) is 4.29. The summed E-state index contributed by atoms with van der Waals surface area (Å²) in [6, 6.07) is 3.55. The first kappa shape index (κ1) is 20.4. The molecule has 0 amide bonds. The lowest BCUT2D eigenvalue weighted by Gasteiger charge is -2.14. The van der Waals surface area contributed by atoms with Crippen LogP contribution in [0.4, 0.5) is 13.2 Å². The molecule has 0 fully saturated rings. The highest BCUT2D eigenvalue weighted by molar-refractivity contribution is 6.05. The van der Waals surface area contributed by atoms with E-state index in [1.165, 1.54) is 38.9 Å². The van der Waals surface area contributed by atoms with Crippen LogP contribution in [0.2, 0.25) is 0 Å². The van der Waals surface area contributed by atoms with Crippen molar-refractivity contribution in [2.75, 3.05) is 20.8 Å². The standard InChI is InChI=1S/C20H16F3N3O3/c1-26-11-24-10-18(26)17-8-14(19(27)29-3)13-7-12(5-4-6-28-2)15(20(21,22)23)9-16(13)25-17/h7-11H,6H2,1-3H3. The number of alkyl halides is 3. The van der Waals surface area contributed by atoms with E-state index < -0.39 is 17.7 Å². The van der Waals surface area contributed by atoms with E-state index in [9.17, 15) is 18.0 Å². The topological polar surface area (TPSA) is 66.2 Å². The second kappa shape index (κ2) is 7.93. The molecule has 2 aromatic heterocycles. The van der Waals surface area contributed by atoms with Gasteiger partial charge in [0.05, 0.1) is 47.7 Å². The molecule has 0 saturated carbocycles. The number of aryl methyl sites for hydroxylation is 1. The zero-order valence-electron chi connectivity index (χ0n) is 15.8. The number of carbonyl (C=O) groups is 1. The maximum atomic E-state index is 13.6. The molecule has 0 unspecified atom stereocenters. The molecule has 0 aliphatic carbocycles. The molecule has 0 spiro atoms. The predicted octanol–water partition coefficient (Wildman–Crippen LogP) is 3.44. The van der Waals surface area contributed by atoms with Gasteiger partial charge >= 0.3 is 12.1 Å². The molecular formula is C20H16F3N3O3. The van der Waals surface area contributed by atoms with Gasteiger partial charge in [0.2, 0.25) is 0 Å². The number of benzene rings is 1. The van der Waals surface area contributed by atoms with Crippen molar-refractivity contribution in [3.63, 3.8) is 0 Å². The van der Waals surface area contributed by atoms with E-state index in [1.807, 2.05) is 0 Å². The highest BCUT2D eigenvalue weighted by Gasteiger charge is 2.34. The van der Waals surface area contributed by atoms with Gasteiger partial charge in [0.25, 0.3) is 0 Å². The van der Waals surface area contributed by atoms with Crippen LogP contribution >= 0.6 is 0 Å². The van der Waals surface area contributed by atoms with Crippen molar-refractivity contribution in [3.05, 3.63) is 47.4 Å². The molecule has 0 atom stereocenters. The Balaban J connectivity index is 2.35. The van der Waals surface area contributed by atoms with Crippen LogP contribution in [-0.2, 0) is 22.7 Å². The third-order valence-corrected chi connectivity index (χ3v) is 4.18. The smallest absolute Gasteiger partial charge is 0.417 e. The summed E-state index contributed by atoms with van der Waals surface area (Å²) >= 11 is 0. The van der Waals surface area contributed by atoms with E-state index in [1.54, 1.807) is 11.6 Å². The summed E-state index contributed by atoms with van der Waals surface area (Å²) in [6.07, 6.45) is -1.62. The number of pyridine rings is 1. The van der Waals surface area contributed by atoms with E-state index in [-0.39, 0.29) is 28.6 Å². The lowest BCUT2D eigenvalue weighted by Crippen LogP contribution is -2.10. The van der Waals surface area contributed by atoms with Crippen LogP contribution in [0.1, 0.15) is 21.5 Å². The van der Waals surface area contributed by atoms with Gasteiger partial charge < -0.3 is 14.0 Å². The average Bonchev–Trinajstić information content (AvgIpc) is 3.11. The number of esters is 1. The molecule has 3 aromatic rings. The van der Waals surface area contributed by atoms with Crippen molar-refractivity contribution in [2.45, 2.75) is 6.18 Å². The summed E-state index contributed by atoms with van der Waals surface area (Å²) in [6.45, 7) is -0.0309. The van der Waals surface area contributed by atoms with Gasteiger partial charge in [0, 0.05) is 25.1 Å². The molecule has 0 saturated heterocycles. The van der Waals surface area contributed by atoms with Gasteiger partial charge in [-0.25, -0.2) is 14.8 Å². The Hall–Kier alpha value is -3.38. The Bertz CT molecular complexity index is 1140. The summed E-state index contributed by atoms with van der Waals surface area (Å²) in [5.74, 6) is 4.27. The maximum absolute atomic E-state index is 13.6. The minimum Gasteiger partial charge on any atom is -0.465 e. The Morgan fingerprint density at radius 2 is 2.00 bits per heavy atom. The zero-order chi connectivity index (χ0) is 21.2. The Morgan fingerprint density at radius 1 is 1.24 bits per heavy atom. The highest BCUT2D eigenvalue weighted by atomic mass is 19.4. The van der Waals surface area contributed by atoms with E-state index >= 15 is 0 Å². The van der Waals surface area contributed by atoms with Crippen LogP contribution in [0.5, 0.6) is 0 Å². The molecule has 29 heavy (non-hydrogen) atoms. The van der Waals surface area contributed by atoms with E-state index in [4.69, 9.17) is 9.47 Å². The molecule has 0 radical (unpaired) electrons. The van der Waals surface area contributed by atoms with Gasteiger partial charge in [0.15, 0.2) is 0 Å². The number of nitrogens with zero attached hydrogens (tertiary/aromatic N) is 3. The monoisotopic (exact) mass is 403 g/mol. The minimum absolute atomic E-state index is 0.00582. The normalized spacial score (nSPS) is 11.2. The van der Waals surface area contributed by atoms with Gasteiger partial charge in [-0.15, -0.1) is 0 Å². The lowest BCUT2D eigenvalue weighted by molar-refractivity contribution is -0.137. The largest absolute Gasteiger partial charge is 0.465 e. The number of aromatic nitrogens is 3. The van der Waals surface area contributed by atoms with Gasteiger partial charge in [-0.3, -0.25) is 0 Å². The number of hydrogen-bond acceptors (Lipinski definition) is 5. The van der Waals surface area contributed by atoms with Crippen LogP contribution in [0, 0.1) is 11.8 Å². The van der Waals surface area contributed by atoms with Crippen molar-refractivity contribution >= 4 is 16.9 Å². The maximum Gasteiger partial charge on any atom is 0.417 e. The summed E-state index contributed by atoms with van der Waals surface area (Å²) in [4.78, 5) is 20.6. The number of halogens is 3. The Kier molecular flexibility index (Phi) is 5.57. The van der Waals surface area contributed by atoms with Crippen molar-refractivity contribution < 1.29 is 27.4 Å². The van der Waals surface area contributed by atoms with Crippen LogP contribution in [0.15, 0.2) is 30.7 Å². The fourth-order valence-electron chi connectivity index (χ4n) is 2.83.